The molecule has 0 radical (unpaired) electrons. The van der Waals surface area contributed by atoms with Crippen molar-refractivity contribution in [3.63, 3.8) is 0 Å². The highest BCUT2D eigenvalue weighted by Gasteiger charge is 2.35. The highest BCUT2D eigenvalue weighted by Crippen LogP contribution is 2.22. The van der Waals surface area contributed by atoms with Gasteiger partial charge in [0.05, 0.1) is 12.6 Å². The lowest BCUT2D eigenvalue weighted by Crippen LogP contribution is -2.32. The molecule has 0 spiro atoms. The summed E-state index contributed by atoms with van der Waals surface area (Å²) in [5.74, 6) is 0.106. The van der Waals surface area contributed by atoms with Crippen LogP contribution in [0, 0.1) is 5.92 Å². The van der Waals surface area contributed by atoms with Crippen LogP contribution in [0.2, 0.25) is 0 Å². The van der Waals surface area contributed by atoms with Crippen LogP contribution < -0.4 is 5.32 Å². The monoisotopic (exact) mass is 290 g/mol. The lowest BCUT2D eigenvalue weighted by atomic mass is 10.1. The molecule has 5 heteroatoms. The van der Waals surface area contributed by atoms with Crippen molar-refractivity contribution in [2.75, 3.05) is 19.6 Å². The van der Waals surface area contributed by atoms with Crippen LogP contribution in [0.4, 0.5) is 4.79 Å². The number of nitrogens with zero attached hydrogens (tertiary/aromatic N) is 1. The molecule has 1 aromatic rings. The fourth-order valence-corrected chi connectivity index (χ4v) is 2.62. The van der Waals surface area contributed by atoms with Crippen molar-refractivity contribution in [1.29, 1.82) is 0 Å². The van der Waals surface area contributed by atoms with E-state index in [0.29, 0.717) is 19.1 Å². The number of aliphatic hydroxyl groups excluding tert-OH is 1. The van der Waals surface area contributed by atoms with Crippen LogP contribution in [0.25, 0.3) is 0 Å². The maximum atomic E-state index is 12.0. The van der Waals surface area contributed by atoms with Gasteiger partial charge in [-0.15, -0.1) is 0 Å². The molecule has 2 aliphatic rings. The minimum absolute atomic E-state index is 0.106. The molecule has 1 saturated heterocycles. The zero-order valence-corrected chi connectivity index (χ0v) is 12.1. The molecule has 1 amide bonds. The third-order valence-electron chi connectivity index (χ3n) is 4.12. The van der Waals surface area contributed by atoms with Crippen LogP contribution in [0.5, 0.6) is 0 Å². The Morgan fingerprint density at radius 2 is 2.05 bits per heavy atom. The molecular weight excluding hydrogens is 268 g/mol. The molecule has 21 heavy (non-hydrogen) atoms. The van der Waals surface area contributed by atoms with Gasteiger partial charge in [0.25, 0.3) is 0 Å². The summed E-state index contributed by atoms with van der Waals surface area (Å²) in [4.78, 5) is 13.6. The highest BCUT2D eigenvalue weighted by atomic mass is 16.6. The molecule has 114 valence electrons. The molecule has 1 aliphatic carbocycles. The zero-order chi connectivity index (χ0) is 14.7. The summed E-state index contributed by atoms with van der Waals surface area (Å²) in [7, 11) is 0. The second-order valence-electron chi connectivity index (χ2n) is 5.96. The van der Waals surface area contributed by atoms with Crippen molar-refractivity contribution in [1.82, 2.24) is 10.2 Å². The van der Waals surface area contributed by atoms with Gasteiger partial charge in [-0.25, -0.2) is 4.79 Å². The van der Waals surface area contributed by atoms with Gasteiger partial charge >= 0.3 is 6.09 Å². The number of hydrogen-bond donors (Lipinski definition) is 2. The molecule has 2 atom stereocenters. The Morgan fingerprint density at radius 1 is 1.29 bits per heavy atom. The van der Waals surface area contributed by atoms with Gasteiger partial charge in [-0.2, -0.15) is 0 Å². The summed E-state index contributed by atoms with van der Waals surface area (Å²) < 4.78 is 5.30. The first-order chi connectivity index (χ1) is 10.2. The second kappa shape index (κ2) is 6.45. The number of carbonyl (C=O) groups is 1. The number of aliphatic hydroxyl groups is 1. The minimum Gasteiger partial charge on any atom is -0.445 e. The average Bonchev–Trinajstić information content (AvgIpc) is 3.26. The van der Waals surface area contributed by atoms with Gasteiger partial charge in [0.1, 0.15) is 6.61 Å². The normalized spacial score (nSPS) is 25.1. The van der Waals surface area contributed by atoms with Crippen LogP contribution in [0.3, 0.4) is 0 Å². The summed E-state index contributed by atoms with van der Waals surface area (Å²) in [6.07, 6.45) is 1.66. The Morgan fingerprint density at radius 3 is 2.76 bits per heavy atom. The van der Waals surface area contributed by atoms with E-state index in [1.54, 1.807) is 4.90 Å². The standard InChI is InChI=1S/C16H22N2O3/c19-15-10-18(9-13(15)8-17-14-6-7-14)16(20)21-11-12-4-2-1-3-5-12/h1-5,13-15,17,19H,6-11H2. The number of hydrogen-bond acceptors (Lipinski definition) is 4. The summed E-state index contributed by atoms with van der Waals surface area (Å²) in [5.41, 5.74) is 0.970. The number of rotatable bonds is 5. The SMILES string of the molecule is O=C(OCc1ccccc1)N1CC(O)C(CNC2CC2)C1. The Labute approximate surface area is 124 Å². The van der Waals surface area contributed by atoms with Gasteiger partial charge in [-0.05, 0) is 18.4 Å². The van der Waals surface area contributed by atoms with Gasteiger partial charge in [0.2, 0.25) is 0 Å². The Balaban J connectivity index is 1.44. The van der Waals surface area contributed by atoms with E-state index < -0.39 is 6.10 Å². The fourth-order valence-electron chi connectivity index (χ4n) is 2.62. The van der Waals surface area contributed by atoms with E-state index in [-0.39, 0.29) is 18.6 Å². The quantitative estimate of drug-likeness (QED) is 0.860. The topological polar surface area (TPSA) is 61.8 Å². The largest absolute Gasteiger partial charge is 0.445 e. The van der Waals surface area contributed by atoms with E-state index in [0.717, 1.165) is 12.1 Å². The van der Waals surface area contributed by atoms with Crippen LogP contribution >= 0.6 is 0 Å². The Bertz CT molecular complexity index is 476. The molecule has 1 saturated carbocycles. The van der Waals surface area contributed by atoms with Crippen LogP contribution in [-0.2, 0) is 11.3 Å². The van der Waals surface area contributed by atoms with Crippen molar-refractivity contribution in [2.45, 2.75) is 31.6 Å². The Hall–Kier alpha value is -1.59. The third-order valence-corrected chi connectivity index (χ3v) is 4.12. The first kappa shape index (κ1) is 14.4. The zero-order valence-electron chi connectivity index (χ0n) is 12.1. The Kier molecular flexibility index (Phi) is 4.41. The van der Waals surface area contributed by atoms with Crippen molar-refractivity contribution >= 4 is 6.09 Å². The van der Waals surface area contributed by atoms with Crippen molar-refractivity contribution in [3.05, 3.63) is 35.9 Å². The first-order valence-corrected chi connectivity index (χ1v) is 7.59. The summed E-state index contributed by atoms with van der Waals surface area (Å²) in [5, 5.41) is 13.4. The number of ether oxygens (including phenoxy) is 1. The number of nitrogens with one attached hydrogen (secondary N) is 1. The second-order valence-corrected chi connectivity index (χ2v) is 5.96. The van der Waals surface area contributed by atoms with Gasteiger partial charge in [0.15, 0.2) is 0 Å². The molecule has 1 heterocycles. The molecule has 5 nitrogen and oxygen atoms in total. The molecule has 0 bridgehead atoms. The molecule has 0 aromatic heterocycles. The molecular formula is C16H22N2O3. The van der Waals surface area contributed by atoms with Gasteiger partial charge < -0.3 is 20.1 Å². The van der Waals surface area contributed by atoms with Gasteiger partial charge in [0, 0.05) is 25.0 Å². The van der Waals surface area contributed by atoms with E-state index in [1.165, 1.54) is 12.8 Å². The molecule has 3 rings (SSSR count). The third kappa shape index (κ3) is 3.95. The van der Waals surface area contributed by atoms with E-state index >= 15 is 0 Å². The smallest absolute Gasteiger partial charge is 0.410 e. The lowest BCUT2D eigenvalue weighted by Gasteiger charge is -2.16. The molecule has 1 aliphatic heterocycles. The van der Waals surface area contributed by atoms with E-state index in [2.05, 4.69) is 5.32 Å². The maximum Gasteiger partial charge on any atom is 0.410 e. The fraction of sp³-hybridized carbons (Fsp3) is 0.562. The number of β-amino-alcohol motifs (C(OH)–C–C–N with tert-alkyl or cyclic N) is 1. The number of carbonyl (C=O) groups excluding carboxylic acids is 1. The molecule has 2 N–H and O–H groups in total. The van der Waals surface area contributed by atoms with Crippen LogP contribution in [0.1, 0.15) is 18.4 Å². The average molecular weight is 290 g/mol. The predicted molar refractivity (Wildman–Crippen MR) is 78.7 cm³/mol. The van der Waals surface area contributed by atoms with Crippen molar-refractivity contribution < 1.29 is 14.6 Å². The van der Waals surface area contributed by atoms with E-state index in [1.807, 2.05) is 30.3 Å². The van der Waals surface area contributed by atoms with Gasteiger partial charge in [-0.1, -0.05) is 30.3 Å². The molecule has 1 aromatic carbocycles. The van der Waals surface area contributed by atoms with Crippen molar-refractivity contribution in [2.24, 2.45) is 5.92 Å². The predicted octanol–water partition coefficient (Wildman–Crippen LogP) is 1.37. The lowest BCUT2D eigenvalue weighted by molar-refractivity contribution is 0.0967. The minimum atomic E-state index is -0.458. The molecule has 2 fully saturated rings. The molecule has 2 unspecified atom stereocenters. The van der Waals surface area contributed by atoms with E-state index in [4.69, 9.17) is 4.74 Å². The van der Waals surface area contributed by atoms with Crippen LogP contribution in [0.15, 0.2) is 30.3 Å². The van der Waals surface area contributed by atoms with E-state index in [9.17, 15) is 9.90 Å². The summed E-state index contributed by atoms with van der Waals surface area (Å²) in [6, 6.07) is 10.2. The summed E-state index contributed by atoms with van der Waals surface area (Å²) in [6.45, 7) is 1.98. The maximum absolute atomic E-state index is 12.0. The first-order valence-electron chi connectivity index (χ1n) is 7.59. The summed E-state index contributed by atoms with van der Waals surface area (Å²) >= 11 is 0. The number of benzene rings is 1. The number of likely N-dealkylation sites (tertiary alicyclic amines) is 1. The van der Waals surface area contributed by atoms with Crippen LogP contribution in [-0.4, -0.2) is 47.9 Å². The van der Waals surface area contributed by atoms with Crippen molar-refractivity contribution in [3.8, 4) is 0 Å². The number of amides is 1. The highest BCUT2D eigenvalue weighted by molar-refractivity contribution is 5.68. The van der Waals surface area contributed by atoms with Gasteiger partial charge in [-0.3, -0.25) is 0 Å².